The van der Waals surface area contributed by atoms with Gasteiger partial charge in [-0.1, -0.05) is 44.2 Å². The van der Waals surface area contributed by atoms with Crippen LogP contribution in [-0.2, 0) is 10.0 Å². The Bertz CT molecular complexity index is 1480. The van der Waals surface area contributed by atoms with Crippen LogP contribution in [0.2, 0.25) is 0 Å². The predicted molar refractivity (Wildman–Crippen MR) is 169 cm³/mol. The third-order valence-corrected chi connectivity index (χ3v) is 9.69. The highest BCUT2D eigenvalue weighted by Crippen LogP contribution is 2.31. The molecule has 1 heterocycles. The minimum Gasteiger partial charge on any atom is -0.476 e. The number of aromatic nitrogens is 2. The summed E-state index contributed by atoms with van der Waals surface area (Å²) < 4.78 is 35.4. The van der Waals surface area contributed by atoms with Gasteiger partial charge in [-0.25, -0.2) is 18.1 Å². The summed E-state index contributed by atoms with van der Waals surface area (Å²) in [6.07, 6.45) is 5.65. The Morgan fingerprint density at radius 1 is 1.05 bits per heavy atom. The van der Waals surface area contributed by atoms with Gasteiger partial charge in [0.2, 0.25) is 11.8 Å². The van der Waals surface area contributed by atoms with Crippen molar-refractivity contribution < 1.29 is 23.1 Å². The number of carbonyl (C=O) groups is 1. The summed E-state index contributed by atoms with van der Waals surface area (Å²) >= 11 is 0. The van der Waals surface area contributed by atoms with Crippen LogP contribution >= 0.6 is 0 Å². The molecular formula is C33H44N4O5S. The summed E-state index contributed by atoms with van der Waals surface area (Å²) in [5, 5.41) is 9.57. The highest BCUT2D eigenvalue weighted by atomic mass is 32.2. The summed E-state index contributed by atoms with van der Waals surface area (Å²) in [6.45, 7) is 8.99. The summed E-state index contributed by atoms with van der Waals surface area (Å²) in [4.78, 5) is 22.7. The molecule has 0 amide bonds. The van der Waals surface area contributed by atoms with Gasteiger partial charge < -0.3 is 9.84 Å². The van der Waals surface area contributed by atoms with Gasteiger partial charge in [0.05, 0.1) is 10.6 Å². The van der Waals surface area contributed by atoms with Gasteiger partial charge in [-0.15, -0.1) is 0 Å². The Labute approximate surface area is 255 Å². The normalized spacial score (nSPS) is 18.0. The second-order valence-corrected chi connectivity index (χ2v) is 13.8. The number of anilines is 1. The molecule has 0 bridgehead atoms. The lowest BCUT2D eigenvalue weighted by Crippen LogP contribution is -2.45. The molecule has 1 aromatic heterocycles. The zero-order valence-corrected chi connectivity index (χ0v) is 26.6. The van der Waals surface area contributed by atoms with Crippen LogP contribution in [0.25, 0.3) is 11.3 Å². The molecule has 0 spiro atoms. The molecule has 1 fully saturated rings. The summed E-state index contributed by atoms with van der Waals surface area (Å²) in [5.74, 6) is 1.00. The van der Waals surface area contributed by atoms with Crippen LogP contribution in [0.1, 0.15) is 67.4 Å². The van der Waals surface area contributed by atoms with E-state index in [0.717, 1.165) is 48.8 Å². The number of hydrogen-bond acceptors (Lipinski definition) is 8. The van der Waals surface area contributed by atoms with Crippen LogP contribution in [0.5, 0.6) is 5.88 Å². The first kappa shape index (κ1) is 32.6. The number of nitrogens with one attached hydrogen (secondary N) is 1. The molecule has 1 aliphatic carbocycles. The van der Waals surface area contributed by atoms with E-state index >= 15 is 0 Å². The number of nitrogens with zero attached hydrogens (tertiary/aromatic N) is 3. The molecule has 4 rings (SSSR count). The Morgan fingerprint density at radius 2 is 1.72 bits per heavy atom. The van der Waals surface area contributed by atoms with E-state index in [2.05, 4.69) is 40.5 Å². The Morgan fingerprint density at radius 3 is 2.35 bits per heavy atom. The van der Waals surface area contributed by atoms with Crippen molar-refractivity contribution in [3.8, 4) is 17.1 Å². The predicted octanol–water partition coefficient (Wildman–Crippen LogP) is 5.65. The molecule has 0 aliphatic heterocycles. The molecule has 0 unspecified atom stereocenters. The van der Waals surface area contributed by atoms with Crippen molar-refractivity contribution in [2.45, 2.75) is 76.8 Å². The number of carbonyl (C=O) groups excluding carboxylic acids is 1. The van der Waals surface area contributed by atoms with E-state index in [-0.39, 0.29) is 34.9 Å². The van der Waals surface area contributed by atoms with Crippen LogP contribution in [0.3, 0.4) is 0 Å². The van der Waals surface area contributed by atoms with Crippen LogP contribution < -0.4 is 9.46 Å². The smallest absolute Gasteiger partial charge is 0.264 e. The van der Waals surface area contributed by atoms with Gasteiger partial charge in [-0.2, -0.15) is 4.98 Å². The van der Waals surface area contributed by atoms with Crippen molar-refractivity contribution in [2.24, 2.45) is 11.8 Å². The topological polar surface area (TPSA) is 122 Å². The second kappa shape index (κ2) is 14.4. The summed E-state index contributed by atoms with van der Waals surface area (Å²) in [5.41, 5.74) is 3.68. The lowest BCUT2D eigenvalue weighted by Gasteiger charge is -2.39. The summed E-state index contributed by atoms with van der Waals surface area (Å²) in [7, 11) is -1.93. The van der Waals surface area contributed by atoms with Crippen molar-refractivity contribution in [1.82, 2.24) is 14.9 Å². The van der Waals surface area contributed by atoms with Gasteiger partial charge in [0.25, 0.3) is 10.0 Å². The Kier molecular flexibility index (Phi) is 10.9. The average Bonchev–Trinajstić information content (AvgIpc) is 2.98. The molecular weight excluding hydrogens is 564 g/mol. The number of hydrogen-bond donors (Lipinski definition) is 2. The molecule has 0 radical (unpaired) electrons. The Hall–Kier alpha value is -3.34. The zero-order valence-electron chi connectivity index (χ0n) is 25.8. The fraction of sp³-hybridized carbons (Fsp3) is 0.485. The molecule has 0 saturated heterocycles. The number of ether oxygens (including phenoxy) is 1. The van der Waals surface area contributed by atoms with E-state index in [9.17, 15) is 18.3 Å². The lowest BCUT2D eigenvalue weighted by atomic mass is 9.85. The van der Waals surface area contributed by atoms with Crippen LogP contribution in [-0.4, -0.2) is 67.0 Å². The molecule has 1 aliphatic rings. The third-order valence-electron chi connectivity index (χ3n) is 8.36. The number of aldehydes is 1. The maximum absolute atomic E-state index is 13.3. The van der Waals surface area contributed by atoms with Crippen LogP contribution in [0, 0.1) is 25.7 Å². The van der Waals surface area contributed by atoms with Crippen LogP contribution in [0.15, 0.2) is 53.4 Å². The number of rotatable bonds is 13. The number of sulfonamides is 1. The van der Waals surface area contributed by atoms with Crippen LogP contribution in [0.4, 0.5) is 5.95 Å². The minimum atomic E-state index is -4.08. The molecule has 9 nitrogen and oxygen atoms in total. The molecule has 1 atom stereocenters. The van der Waals surface area contributed by atoms with E-state index < -0.39 is 10.0 Å². The van der Waals surface area contributed by atoms with Gasteiger partial charge in [-0.3, -0.25) is 9.69 Å². The molecule has 2 aromatic carbocycles. The van der Waals surface area contributed by atoms with Gasteiger partial charge >= 0.3 is 0 Å². The fourth-order valence-electron chi connectivity index (χ4n) is 5.94. The van der Waals surface area contributed by atoms with E-state index in [1.54, 1.807) is 12.1 Å². The first-order chi connectivity index (χ1) is 20.5. The first-order valence-corrected chi connectivity index (χ1v) is 16.5. The summed E-state index contributed by atoms with van der Waals surface area (Å²) in [6, 6.07) is 14.0. The second-order valence-electron chi connectivity index (χ2n) is 12.1. The number of aliphatic hydroxyl groups is 1. The minimum absolute atomic E-state index is 0.0600. The molecule has 1 saturated carbocycles. The molecule has 10 heteroatoms. The lowest BCUT2D eigenvalue weighted by molar-refractivity contribution is 0.0653. The SMILES string of the molecule is Cc1cccc(C)c1-c1cc(OC[C@@H](CC(C)C)N(C)[C@H]2CC[C@H](CO)CC2)nc(NS(=O)(=O)c2cccc(C=O)c2)n1. The number of aliphatic hydroxyl groups excluding tert-OH is 1. The van der Waals surface area contributed by atoms with Gasteiger partial charge in [-0.05, 0) is 88.1 Å². The number of likely N-dealkylation sites (N-methyl/N-ethyl adjacent to an activating group) is 1. The maximum atomic E-state index is 13.3. The molecule has 43 heavy (non-hydrogen) atoms. The highest BCUT2D eigenvalue weighted by Gasteiger charge is 2.29. The first-order valence-electron chi connectivity index (χ1n) is 15.0. The largest absolute Gasteiger partial charge is 0.476 e. The quantitative estimate of drug-likeness (QED) is 0.239. The van der Waals surface area contributed by atoms with Crippen molar-refractivity contribution in [2.75, 3.05) is 25.0 Å². The number of aryl methyl sites for hydroxylation is 2. The van der Waals surface area contributed by atoms with Crippen molar-refractivity contribution >= 4 is 22.3 Å². The monoisotopic (exact) mass is 608 g/mol. The number of benzene rings is 2. The zero-order chi connectivity index (χ0) is 31.1. The highest BCUT2D eigenvalue weighted by molar-refractivity contribution is 7.92. The van der Waals surface area contributed by atoms with E-state index in [1.165, 1.54) is 18.2 Å². The van der Waals surface area contributed by atoms with Gasteiger partial charge in [0.15, 0.2) is 0 Å². The average molecular weight is 609 g/mol. The van der Waals surface area contributed by atoms with Gasteiger partial charge in [0, 0.05) is 35.9 Å². The van der Waals surface area contributed by atoms with Crippen molar-refractivity contribution in [1.29, 1.82) is 0 Å². The van der Waals surface area contributed by atoms with Crippen molar-refractivity contribution in [3.05, 3.63) is 65.2 Å². The fourth-order valence-corrected chi connectivity index (χ4v) is 6.93. The molecule has 232 valence electrons. The maximum Gasteiger partial charge on any atom is 0.264 e. The molecule has 2 N–H and O–H groups in total. The van der Waals surface area contributed by atoms with E-state index in [4.69, 9.17) is 4.74 Å². The van der Waals surface area contributed by atoms with Gasteiger partial charge in [0.1, 0.15) is 12.9 Å². The third kappa shape index (κ3) is 8.40. The van der Waals surface area contributed by atoms with E-state index in [1.807, 2.05) is 32.0 Å². The standard InChI is InChI=1S/C33H44N4O5S/c1-22(2)16-28(37(5)27-14-12-25(19-38)13-15-27)21-42-31-18-30(32-23(3)8-6-9-24(32)4)34-33(35-31)36-43(40,41)29-11-7-10-26(17-29)20-39/h6-11,17-18,20,22,25,27-28,38H,12-16,19,21H2,1-5H3,(H,34,35,36)/t25-,27-,28-/m1/s1. The molecule has 3 aromatic rings. The Balaban J connectivity index is 1.64. The van der Waals surface area contributed by atoms with E-state index in [0.29, 0.717) is 36.5 Å². The van der Waals surface area contributed by atoms with Crippen molar-refractivity contribution in [3.63, 3.8) is 0 Å².